The number of nitrogens with one attached hydrogen (secondary N) is 1. The van der Waals surface area contributed by atoms with E-state index in [9.17, 15) is 0 Å². The van der Waals surface area contributed by atoms with E-state index in [4.69, 9.17) is 0 Å². The Morgan fingerprint density at radius 1 is 1.31 bits per heavy atom. The first kappa shape index (κ1) is 11.7. The van der Waals surface area contributed by atoms with Crippen LogP contribution in [0.3, 0.4) is 0 Å². The first-order valence-electron chi connectivity index (χ1n) is 6.45. The van der Waals surface area contributed by atoms with Gasteiger partial charge in [0.05, 0.1) is 0 Å². The molecule has 88 valence electrons. The third-order valence-corrected chi connectivity index (χ3v) is 3.71. The Hall–Kier alpha value is -0.820. The van der Waals surface area contributed by atoms with Crippen molar-refractivity contribution in [1.29, 1.82) is 0 Å². The quantitative estimate of drug-likeness (QED) is 0.792. The summed E-state index contributed by atoms with van der Waals surface area (Å²) in [6.07, 6.45) is 5.59. The molecule has 1 aliphatic rings. The maximum absolute atomic E-state index is 3.46. The molecule has 16 heavy (non-hydrogen) atoms. The predicted molar refractivity (Wildman–Crippen MR) is 69.7 cm³/mol. The van der Waals surface area contributed by atoms with Crippen LogP contribution in [0.2, 0.25) is 0 Å². The van der Waals surface area contributed by atoms with Gasteiger partial charge in [-0.2, -0.15) is 0 Å². The molecule has 0 radical (unpaired) electrons. The van der Waals surface area contributed by atoms with Crippen LogP contribution in [-0.4, -0.2) is 7.05 Å². The van der Waals surface area contributed by atoms with Gasteiger partial charge in [-0.1, -0.05) is 36.6 Å². The fraction of sp³-hybridized carbons (Fsp3) is 0.600. The number of hydrogen-bond acceptors (Lipinski definition) is 1. The Bertz CT molecular complexity index is 352. The van der Waals surface area contributed by atoms with Crippen LogP contribution in [-0.2, 0) is 0 Å². The van der Waals surface area contributed by atoms with E-state index in [1.54, 1.807) is 0 Å². The second kappa shape index (κ2) is 5.01. The highest BCUT2D eigenvalue weighted by molar-refractivity contribution is 5.32. The lowest BCUT2D eigenvalue weighted by molar-refractivity contribution is 0.504. The first-order chi connectivity index (χ1) is 7.70. The van der Waals surface area contributed by atoms with Gasteiger partial charge in [-0.05, 0) is 50.8 Å². The van der Waals surface area contributed by atoms with Crippen molar-refractivity contribution in [2.75, 3.05) is 7.05 Å². The molecule has 1 aliphatic carbocycles. The van der Waals surface area contributed by atoms with Crippen LogP contribution in [0.15, 0.2) is 18.2 Å². The van der Waals surface area contributed by atoms with Gasteiger partial charge in [0.2, 0.25) is 0 Å². The SMILES string of the molecule is CNC(CCC1CC1)c1ccc(C)cc1C. The maximum Gasteiger partial charge on any atom is 0.0320 e. The molecule has 1 heteroatoms. The molecule has 1 aromatic carbocycles. The van der Waals surface area contributed by atoms with Gasteiger partial charge >= 0.3 is 0 Å². The minimum Gasteiger partial charge on any atom is -0.313 e. The van der Waals surface area contributed by atoms with Crippen molar-refractivity contribution in [3.63, 3.8) is 0 Å². The Morgan fingerprint density at radius 3 is 2.62 bits per heavy atom. The van der Waals surface area contributed by atoms with Crippen LogP contribution >= 0.6 is 0 Å². The largest absolute Gasteiger partial charge is 0.313 e. The van der Waals surface area contributed by atoms with Gasteiger partial charge in [-0.15, -0.1) is 0 Å². The van der Waals surface area contributed by atoms with Crippen LogP contribution < -0.4 is 5.32 Å². The molecule has 1 unspecified atom stereocenters. The molecule has 0 aromatic heterocycles. The summed E-state index contributed by atoms with van der Waals surface area (Å²) in [6, 6.07) is 7.35. The standard InChI is InChI=1S/C15H23N/c1-11-4-8-14(12(2)10-11)15(16-3)9-7-13-5-6-13/h4,8,10,13,15-16H,5-7,9H2,1-3H3. The number of rotatable bonds is 5. The monoisotopic (exact) mass is 217 g/mol. The molecule has 1 fully saturated rings. The first-order valence-corrected chi connectivity index (χ1v) is 6.45. The predicted octanol–water partition coefficient (Wildman–Crippen LogP) is 3.75. The summed E-state index contributed by atoms with van der Waals surface area (Å²) in [6.45, 7) is 4.39. The third-order valence-electron chi connectivity index (χ3n) is 3.71. The Balaban J connectivity index is 2.05. The van der Waals surface area contributed by atoms with E-state index in [1.165, 1.54) is 42.4 Å². The van der Waals surface area contributed by atoms with Crippen LogP contribution in [0.5, 0.6) is 0 Å². The highest BCUT2D eigenvalue weighted by Crippen LogP contribution is 2.36. The summed E-state index contributed by atoms with van der Waals surface area (Å²) in [5, 5.41) is 3.46. The number of benzene rings is 1. The molecular weight excluding hydrogens is 194 g/mol. The van der Waals surface area contributed by atoms with E-state index in [2.05, 4.69) is 44.4 Å². The van der Waals surface area contributed by atoms with Gasteiger partial charge in [0.25, 0.3) is 0 Å². The third kappa shape index (κ3) is 2.85. The average molecular weight is 217 g/mol. The van der Waals surface area contributed by atoms with Crippen LogP contribution in [0.25, 0.3) is 0 Å². The van der Waals surface area contributed by atoms with Crippen molar-refractivity contribution in [3.8, 4) is 0 Å². The van der Waals surface area contributed by atoms with Crippen molar-refractivity contribution in [2.45, 2.75) is 45.6 Å². The molecule has 1 saturated carbocycles. The van der Waals surface area contributed by atoms with E-state index in [1.807, 2.05) is 0 Å². The summed E-state index contributed by atoms with van der Waals surface area (Å²) >= 11 is 0. The van der Waals surface area contributed by atoms with Crippen LogP contribution in [0.4, 0.5) is 0 Å². The molecular formula is C15H23N. The zero-order valence-electron chi connectivity index (χ0n) is 10.7. The van der Waals surface area contributed by atoms with Gasteiger partial charge in [-0.3, -0.25) is 0 Å². The lowest BCUT2D eigenvalue weighted by atomic mass is 9.95. The Morgan fingerprint density at radius 2 is 2.06 bits per heavy atom. The normalized spacial score (nSPS) is 17.4. The average Bonchev–Trinajstić information content (AvgIpc) is 3.05. The lowest BCUT2D eigenvalue weighted by Crippen LogP contribution is -2.17. The van der Waals surface area contributed by atoms with E-state index < -0.39 is 0 Å². The van der Waals surface area contributed by atoms with E-state index in [0.29, 0.717) is 6.04 Å². The van der Waals surface area contributed by atoms with Gasteiger partial charge in [0.15, 0.2) is 0 Å². The van der Waals surface area contributed by atoms with Crippen molar-refractivity contribution in [3.05, 3.63) is 34.9 Å². The van der Waals surface area contributed by atoms with Gasteiger partial charge in [0, 0.05) is 6.04 Å². The summed E-state index contributed by atoms with van der Waals surface area (Å²) in [7, 11) is 2.08. The minimum atomic E-state index is 0.543. The lowest BCUT2D eigenvalue weighted by Gasteiger charge is -2.19. The number of hydrogen-bond donors (Lipinski definition) is 1. The highest BCUT2D eigenvalue weighted by atomic mass is 14.9. The summed E-state index contributed by atoms with van der Waals surface area (Å²) < 4.78 is 0. The Kier molecular flexibility index (Phi) is 3.65. The van der Waals surface area contributed by atoms with Crippen molar-refractivity contribution in [2.24, 2.45) is 5.92 Å². The molecule has 2 rings (SSSR count). The smallest absolute Gasteiger partial charge is 0.0320 e. The zero-order valence-corrected chi connectivity index (χ0v) is 10.7. The van der Waals surface area contributed by atoms with Gasteiger partial charge in [0.1, 0.15) is 0 Å². The molecule has 0 aliphatic heterocycles. The molecule has 0 saturated heterocycles. The van der Waals surface area contributed by atoms with Gasteiger partial charge in [-0.25, -0.2) is 0 Å². The molecule has 1 nitrogen and oxygen atoms in total. The highest BCUT2D eigenvalue weighted by Gasteiger charge is 2.22. The van der Waals surface area contributed by atoms with Crippen LogP contribution in [0.1, 0.15) is 48.4 Å². The van der Waals surface area contributed by atoms with Crippen molar-refractivity contribution in [1.82, 2.24) is 5.32 Å². The number of aryl methyl sites for hydroxylation is 2. The van der Waals surface area contributed by atoms with Crippen molar-refractivity contribution < 1.29 is 0 Å². The second-order valence-electron chi connectivity index (χ2n) is 5.22. The summed E-state index contributed by atoms with van der Waals surface area (Å²) in [4.78, 5) is 0. The molecule has 0 spiro atoms. The van der Waals surface area contributed by atoms with E-state index >= 15 is 0 Å². The van der Waals surface area contributed by atoms with E-state index in [0.717, 1.165) is 5.92 Å². The zero-order chi connectivity index (χ0) is 11.5. The Labute approximate surface area is 99.3 Å². The fourth-order valence-corrected chi connectivity index (χ4v) is 2.48. The van der Waals surface area contributed by atoms with Gasteiger partial charge < -0.3 is 5.32 Å². The summed E-state index contributed by atoms with van der Waals surface area (Å²) in [5.41, 5.74) is 4.27. The second-order valence-corrected chi connectivity index (χ2v) is 5.22. The molecule has 0 amide bonds. The topological polar surface area (TPSA) is 12.0 Å². The maximum atomic E-state index is 3.46. The van der Waals surface area contributed by atoms with Crippen LogP contribution in [0, 0.1) is 19.8 Å². The minimum absolute atomic E-state index is 0.543. The fourth-order valence-electron chi connectivity index (χ4n) is 2.48. The molecule has 1 aromatic rings. The van der Waals surface area contributed by atoms with E-state index in [-0.39, 0.29) is 0 Å². The van der Waals surface area contributed by atoms with Crippen molar-refractivity contribution >= 4 is 0 Å². The summed E-state index contributed by atoms with van der Waals surface area (Å²) in [5.74, 6) is 1.03. The molecule has 1 atom stereocenters. The molecule has 1 N–H and O–H groups in total. The molecule has 0 heterocycles. The molecule has 0 bridgehead atoms.